The smallest absolute Gasteiger partial charge is 0.306 e. The van der Waals surface area contributed by atoms with E-state index in [9.17, 15) is 14.4 Å². The molecule has 0 aliphatic rings. The van der Waals surface area contributed by atoms with E-state index in [1.165, 1.54) is 70.6 Å². The molecule has 0 spiro atoms. The molecule has 254 valence electrons. The summed E-state index contributed by atoms with van der Waals surface area (Å²) in [6.07, 6.45) is 24.1. The van der Waals surface area contributed by atoms with Gasteiger partial charge < -0.3 is 14.2 Å². The van der Waals surface area contributed by atoms with Gasteiger partial charge >= 0.3 is 17.9 Å². The molecule has 0 aromatic heterocycles. The van der Waals surface area contributed by atoms with E-state index in [2.05, 4.69) is 34.6 Å². The number of rotatable bonds is 31. The Morgan fingerprint density at radius 1 is 0.465 bits per heavy atom. The first-order valence-electron chi connectivity index (χ1n) is 18.3. The molecule has 0 aromatic rings. The molecular weight excluding hydrogens is 540 g/mol. The fourth-order valence-corrected chi connectivity index (χ4v) is 5.10. The number of esters is 3. The van der Waals surface area contributed by atoms with Crippen LogP contribution in [0.2, 0.25) is 0 Å². The van der Waals surface area contributed by atoms with Gasteiger partial charge in [-0.2, -0.15) is 0 Å². The Balaban J connectivity index is 4.35. The van der Waals surface area contributed by atoms with E-state index in [-0.39, 0.29) is 31.1 Å². The highest BCUT2D eigenvalue weighted by Gasteiger charge is 2.19. The molecule has 6 heteroatoms. The van der Waals surface area contributed by atoms with E-state index >= 15 is 0 Å². The molecule has 0 radical (unpaired) electrons. The lowest BCUT2D eigenvalue weighted by atomic mass is 10.00. The fraction of sp³-hybridized carbons (Fsp3) is 0.919. The van der Waals surface area contributed by atoms with Crippen LogP contribution < -0.4 is 0 Å². The number of ether oxygens (including phenoxy) is 3. The number of unbranched alkanes of at least 4 members (excludes halogenated alkanes) is 14. The van der Waals surface area contributed by atoms with Crippen LogP contribution in [-0.2, 0) is 28.6 Å². The number of carbonyl (C=O) groups is 3. The Hall–Kier alpha value is -1.59. The molecule has 43 heavy (non-hydrogen) atoms. The van der Waals surface area contributed by atoms with Crippen LogP contribution in [0.1, 0.15) is 189 Å². The van der Waals surface area contributed by atoms with Crippen LogP contribution in [0.15, 0.2) is 0 Å². The molecule has 0 N–H and O–H groups in total. The van der Waals surface area contributed by atoms with Gasteiger partial charge in [0.05, 0.1) is 0 Å². The van der Waals surface area contributed by atoms with Crippen LogP contribution in [0.3, 0.4) is 0 Å². The summed E-state index contributed by atoms with van der Waals surface area (Å²) in [5, 5.41) is 0. The van der Waals surface area contributed by atoms with Gasteiger partial charge in [0.25, 0.3) is 0 Å². The van der Waals surface area contributed by atoms with Gasteiger partial charge in [-0.25, -0.2) is 0 Å². The van der Waals surface area contributed by atoms with Crippen molar-refractivity contribution < 1.29 is 28.6 Å². The van der Waals surface area contributed by atoms with Gasteiger partial charge in [-0.3, -0.25) is 14.4 Å². The Bertz CT molecular complexity index is 663. The zero-order valence-corrected chi connectivity index (χ0v) is 29.1. The van der Waals surface area contributed by atoms with Crippen molar-refractivity contribution in [3.05, 3.63) is 0 Å². The first-order valence-corrected chi connectivity index (χ1v) is 18.3. The summed E-state index contributed by atoms with van der Waals surface area (Å²) in [5.41, 5.74) is 0. The molecule has 0 rings (SSSR count). The molecule has 0 aromatic carbocycles. The molecular formula is C37H70O6. The van der Waals surface area contributed by atoms with Crippen molar-refractivity contribution in [2.45, 2.75) is 195 Å². The summed E-state index contributed by atoms with van der Waals surface area (Å²) in [5.74, 6) is 0.735. The minimum absolute atomic E-state index is 0.0693. The Labute approximate surface area is 266 Å². The maximum absolute atomic E-state index is 12.5. The largest absolute Gasteiger partial charge is 0.462 e. The topological polar surface area (TPSA) is 78.9 Å². The summed E-state index contributed by atoms with van der Waals surface area (Å²) in [6, 6.07) is 0. The minimum atomic E-state index is -0.758. The molecule has 0 fully saturated rings. The van der Waals surface area contributed by atoms with E-state index in [1.807, 2.05) is 0 Å². The van der Waals surface area contributed by atoms with Crippen molar-refractivity contribution in [3.8, 4) is 0 Å². The zero-order chi connectivity index (χ0) is 32.0. The maximum atomic E-state index is 12.5. The third kappa shape index (κ3) is 28.9. The third-order valence-electron chi connectivity index (χ3n) is 8.69. The molecule has 0 bridgehead atoms. The van der Waals surface area contributed by atoms with Gasteiger partial charge in [0.15, 0.2) is 6.10 Å². The summed E-state index contributed by atoms with van der Waals surface area (Å²) in [7, 11) is 0. The van der Waals surface area contributed by atoms with E-state index in [0.29, 0.717) is 19.3 Å². The third-order valence-corrected chi connectivity index (χ3v) is 8.69. The zero-order valence-electron chi connectivity index (χ0n) is 29.1. The molecule has 0 saturated carbocycles. The van der Waals surface area contributed by atoms with E-state index < -0.39 is 6.10 Å². The standard InChI is InChI=1S/C37H70O6/c1-6-9-10-15-22-27-35(38)41-30-34(43-37(40)29-24-19-14-12-17-21-26-33(5)8-3)31-42-36(39)28-23-18-13-11-16-20-25-32(4)7-2/h32-34H,6-31H2,1-5H3/t32?,33?,34-/m0/s1. The number of carbonyl (C=O) groups excluding carboxylic acids is 3. The lowest BCUT2D eigenvalue weighted by Gasteiger charge is -2.18. The summed E-state index contributed by atoms with van der Waals surface area (Å²) >= 11 is 0. The van der Waals surface area contributed by atoms with Crippen molar-refractivity contribution in [2.24, 2.45) is 11.8 Å². The average Bonchev–Trinajstić information content (AvgIpc) is 3.00. The van der Waals surface area contributed by atoms with Gasteiger partial charge in [0.2, 0.25) is 0 Å². The second-order valence-corrected chi connectivity index (χ2v) is 13.0. The fourth-order valence-electron chi connectivity index (χ4n) is 5.10. The second-order valence-electron chi connectivity index (χ2n) is 13.0. The lowest BCUT2D eigenvalue weighted by molar-refractivity contribution is -0.167. The summed E-state index contributed by atoms with van der Waals surface area (Å²) in [6.45, 7) is 11.1. The highest BCUT2D eigenvalue weighted by molar-refractivity contribution is 5.71. The van der Waals surface area contributed by atoms with E-state index in [0.717, 1.165) is 76.0 Å². The van der Waals surface area contributed by atoms with E-state index in [1.54, 1.807) is 0 Å². The van der Waals surface area contributed by atoms with Crippen LogP contribution in [0.25, 0.3) is 0 Å². The molecule has 0 amide bonds. The molecule has 0 aliphatic heterocycles. The monoisotopic (exact) mass is 611 g/mol. The van der Waals surface area contributed by atoms with Crippen LogP contribution in [0.4, 0.5) is 0 Å². The van der Waals surface area contributed by atoms with Gasteiger partial charge in [0, 0.05) is 19.3 Å². The predicted molar refractivity (Wildman–Crippen MR) is 178 cm³/mol. The van der Waals surface area contributed by atoms with Crippen molar-refractivity contribution in [3.63, 3.8) is 0 Å². The van der Waals surface area contributed by atoms with Crippen molar-refractivity contribution in [2.75, 3.05) is 13.2 Å². The van der Waals surface area contributed by atoms with Crippen LogP contribution in [0.5, 0.6) is 0 Å². The molecule has 0 saturated heterocycles. The van der Waals surface area contributed by atoms with Gasteiger partial charge in [-0.15, -0.1) is 0 Å². The maximum Gasteiger partial charge on any atom is 0.306 e. The van der Waals surface area contributed by atoms with E-state index in [4.69, 9.17) is 14.2 Å². The average molecular weight is 611 g/mol. The number of hydrogen-bond acceptors (Lipinski definition) is 6. The SMILES string of the molecule is CCCCCCCC(=O)OC[C@@H](COC(=O)CCCCCCCCC(C)CC)OC(=O)CCCCCCCCC(C)CC. The van der Waals surface area contributed by atoms with Crippen molar-refractivity contribution in [1.82, 2.24) is 0 Å². The Kier molecular flexibility index (Phi) is 29.3. The van der Waals surface area contributed by atoms with Gasteiger partial charge in [0.1, 0.15) is 13.2 Å². The predicted octanol–water partition coefficient (Wildman–Crippen LogP) is 10.7. The number of hydrogen-bond donors (Lipinski definition) is 0. The molecule has 0 aliphatic carbocycles. The lowest BCUT2D eigenvalue weighted by Crippen LogP contribution is -2.30. The van der Waals surface area contributed by atoms with Gasteiger partial charge in [-0.1, -0.05) is 150 Å². The highest BCUT2D eigenvalue weighted by Crippen LogP contribution is 2.16. The first kappa shape index (κ1) is 41.4. The van der Waals surface area contributed by atoms with Crippen molar-refractivity contribution in [1.29, 1.82) is 0 Å². The molecule has 2 unspecified atom stereocenters. The van der Waals surface area contributed by atoms with Crippen molar-refractivity contribution >= 4 is 17.9 Å². The first-order chi connectivity index (χ1) is 20.8. The summed E-state index contributed by atoms with van der Waals surface area (Å²) < 4.78 is 16.5. The van der Waals surface area contributed by atoms with Crippen LogP contribution in [0, 0.1) is 11.8 Å². The van der Waals surface area contributed by atoms with Crippen LogP contribution in [-0.4, -0.2) is 37.2 Å². The minimum Gasteiger partial charge on any atom is -0.462 e. The quantitative estimate of drug-likeness (QED) is 0.0441. The van der Waals surface area contributed by atoms with Gasteiger partial charge in [-0.05, 0) is 31.1 Å². The Morgan fingerprint density at radius 2 is 0.814 bits per heavy atom. The molecule has 0 heterocycles. The highest BCUT2D eigenvalue weighted by atomic mass is 16.6. The van der Waals surface area contributed by atoms with Crippen LogP contribution >= 0.6 is 0 Å². The normalized spacial score (nSPS) is 13.3. The molecule has 6 nitrogen and oxygen atoms in total. The second kappa shape index (κ2) is 30.4. The molecule has 3 atom stereocenters. The Morgan fingerprint density at radius 3 is 1.21 bits per heavy atom. The summed E-state index contributed by atoms with van der Waals surface area (Å²) in [4.78, 5) is 37.1.